The molecule has 0 spiro atoms. The molecule has 30 heavy (non-hydrogen) atoms. The van der Waals surface area contributed by atoms with Crippen LogP contribution in [0, 0.1) is 10.8 Å². The van der Waals surface area contributed by atoms with E-state index < -0.39 is 0 Å². The zero-order chi connectivity index (χ0) is 21.2. The number of hydrogen-bond donors (Lipinski definition) is 1. The molecule has 3 rings (SSSR count). The normalized spacial score (nSPS) is 21.8. The van der Waals surface area contributed by atoms with Crippen molar-refractivity contribution < 1.29 is 4.79 Å². The Kier molecular flexibility index (Phi) is 8.26. The molecule has 1 heterocycles. The minimum absolute atomic E-state index is 0. The zero-order valence-corrected chi connectivity index (χ0v) is 20.5. The van der Waals surface area contributed by atoms with Gasteiger partial charge in [-0.05, 0) is 72.7 Å². The van der Waals surface area contributed by atoms with Gasteiger partial charge in [-0.1, -0.05) is 41.0 Å². The van der Waals surface area contributed by atoms with Crippen LogP contribution < -0.4 is 10.6 Å². The number of amides is 1. The fourth-order valence-electron chi connectivity index (χ4n) is 5.98. The molecule has 1 aromatic carbocycles. The minimum atomic E-state index is -0.323. The molecule has 0 unspecified atom stereocenters. The molecule has 1 aliphatic carbocycles. The van der Waals surface area contributed by atoms with E-state index >= 15 is 0 Å². The van der Waals surface area contributed by atoms with Crippen LogP contribution in [0.1, 0.15) is 88.6 Å². The van der Waals surface area contributed by atoms with Crippen molar-refractivity contribution in [3.8, 4) is 0 Å². The molecule has 5 heteroatoms. The van der Waals surface area contributed by atoms with Crippen LogP contribution in [0.15, 0.2) is 18.2 Å². The van der Waals surface area contributed by atoms with Gasteiger partial charge in [-0.25, -0.2) is 0 Å². The number of nitrogens with zero attached hydrogens (tertiary/aromatic N) is 2. The summed E-state index contributed by atoms with van der Waals surface area (Å²) < 4.78 is 0. The van der Waals surface area contributed by atoms with E-state index in [-0.39, 0.29) is 18.3 Å². The molecule has 1 aromatic rings. The molecule has 0 bridgehead atoms. The van der Waals surface area contributed by atoms with Crippen molar-refractivity contribution in [2.24, 2.45) is 16.6 Å². The van der Waals surface area contributed by atoms with Gasteiger partial charge in [0.1, 0.15) is 0 Å². The van der Waals surface area contributed by atoms with E-state index in [0.29, 0.717) is 22.3 Å². The van der Waals surface area contributed by atoms with Crippen LogP contribution in [-0.4, -0.2) is 43.5 Å². The van der Waals surface area contributed by atoms with Crippen molar-refractivity contribution >= 4 is 24.0 Å². The molecule has 1 saturated carbocycles. The first-order chi connectivity index (χ1) is 13.6. The second-order valence-electron chi connectivity index (χ2n) is 10.9. The summed E-state index contributed by atoms with van der Waals surface area (Å²) in [6.45, 7) is 17.4. The van der Waals surface area contributed by atoms with Gasteiger partial charge in [0.25, 0.3) is 0 Å². The Balaban J connectivity index is 0.00000320. The average molecular weight is 436 g/mol. The van der Waals surface area contributed by atoms with Gasteiger partial charge in [-0.3, -0.25) is 9.69 Å². The van der Waals surface area contributed by atoms with E-state index in [4.69, 9.17) is 5.73 Å². The van der Waals surface area contributed by atoms with Crippen LogP contribution in [0.25, 0.3) is 0 Å². The Bertz CT molecular complexity index is 707. The first kappa shape index (κ1) is 25.0. The molecule has 2 aliphatic rings. The average Bonchev–Trinajstić information content (AvgIpc) is 2.64. The molecule has 4 nitrogen and oxygen atoms in total. The first-order valence-corrected chi connectivity index (χ1v) is 11.5. The van der Waals surface area contributed by atoms with E-state index in [1.165, 1.54) is 49.9 Å². The minimum Gasteiger partial charge on any atom is -0.369 e. The third-order valence-corrected chi connectivity index (χ3v) is 6.85. The van der Waals surface area contributed by atoms with Gasteiger partial charge in [0.2, 0.25) is 5.91 Å². The number of primary amides is 1. The third kappa shape index (κ3) is 6.13. The molecule has 0 aromatic heterocycles. The van der Waals surface area contributed by atoms with Crippen molar-refractivity contribution in [2.45, 2.75) is 72.6 Å². The molecule has 1 saturated heterocycles. The van der Waals surface area contributed by atoms with Gasteiger partial charge >= 0.3 is 0 Å². The lowest BCUT2D eigenvalue weighted by Gasteiger charge is -2.46. The Morgan fingerprint density at radius 3 is 2.20 bits per heavy atom. The summed E-state index contributed by atoms with van der Waals surface area (Å²) >= 11 is 0. The standard InChI is InChI=1S/C25H41N3O.ClH/c1-6-7-10-27-11-13-28(14-12-27)22-9-8-19(23(26)29)15-21(22)20-16-24(2,3)18-25(4,5)17-20;/h8-9,15,20H,6-7,10-14,16-18H2,1-5H3,(H2,26,29);1H. The summed E-state index contributed by atoms with van der Waals surface area (Å²) in [4.78, 5) is 17.0. The molecule has 0 radical (unpaired) electrons. The van der Waals surface area contributed by atoms with Crippen molar-refractivity contribution in [1.82, 2.24) is 4.90 Å². The smallest absolute Gasteiger partial charge is 0.248 e. The van der Waals surface area contributed by atoms with E-state index in [1.807, 2.05) is 6.07 Å². The zero-order valence-electron chi connectivity index (χ0n) is 19.7. The van der Waals surface area contributed by atoms with Crippen LogP contribution in [0.5, 0.6) is 0 Å². The van der Waals surface area contributed by atoms with E-state index in [9.17, 15) is 4.79 Å². The van der Waals surface area contributed by atoms with Crippen LogP contribution in [0.2, 0.25) is 0 Å². The SMILES string of the molecule is CCCCN1CCN(c2ccc(C(N)=O)cc2C2CC(C)(C)CC(C)(C)C2)CC1.Cl. The summed E-state index contributed by atoms with van der Waals surface area (Å²) in [6, 6.07) is 6.18. The Morgan fingerprint density at radius 1 is 1.07 bits per heavy atom. The molecular formula is C25H42ClN3O. The van der Waals surface area contributed by atoms with Gasteiger partial charge in [0, 0.05) is 37.4 Å². The second-order valence-corrected chi connectivity index (χ2v) is 10.9. The number of hydrogen-bond acceptors (Lipinski definition) is 3. The number of carbonyl (C=O) groups excluding carboxylic acids is 1. The van der Waals surface area contributed by atoms with Crippen molar-refractivity contribution in [3.05, 3.63) is 29.3 Å². The maximum absolute atomic E-state index is 11.9. The highest BCUT2D eigenvalue weighted by atomic mass is 35.5. The Morgan fingerprint density at radius 2 is 1.67 bits per heavy atom. The summed E-state index contributed by atoms with van der Waals surface area (Å²) in [6.07, 6.45) is 6.12. The van der Waals surface area contributed by atoms with Gasteiger partial charge in [-0.15, -0.1) is 12.4 Å². The number of unbranched alkanes of at least 4 members (excludes halogenated alkanes) is 1. The molecule has 1 amide bonds. The van der Waals surface area contributed by atoms with Crippen LogP contribution >= 0.6 is 12.4 Å². The number of nitrogens with two attached hydrogens (primary N) is 1. The Labute approximate surface area is 190 Å². The van der Waals surface area contributed by atoms with Gasteiger partial charge in [0.15, 0.2) is 0 Å². The van der Waals surface area contributed by atoms with Crippen LogP contribution in [0.4, 0.5) is 5.69 Å². The van der Waals surface area contributed by atoms with Gasteiger partial charge in [0.05, 0.1) is 0 Å². The van der Waals surface area contributed by atoms with Gasteiger partial charge < -0.3 is 10.6 Å². The third-order valence-electron chi connectivity index (χ3n) is 6.85. The summed E-state index contributed by atoms with van der Waals surface area (Å²) in [5, 5.41) is 0. The molecule has 2 fully saturated rings. The molecule has 0 atom stereocenters. The highest BCUT2D eigenvalue weighted by Crippen LogP contribution is 2.53. The van der Waals surface area contributed by atoms with Crippen molar-refractivity contribution in [3.63, 3.8) is 0 Å². The summed E-state index contributed by atoms with van der Waals surface area (Å²) in [7, 11) is 0. The quantitative estimate of drug-likeness (QED) is 0.646. The predicted molar refractivity (Wildman–Crippen MR) is 130 cm³/mol. The van der Waals surface area contributed by atoms with Crippen molar-refractivity contribution in [1.29, 1.82) is 0 Å². The molecule has 170 valence electrons. The van der Waals surface area contributed by atoms with E-state index in [2.05, 4.69) is 56.6 Å². The lowest BCUT2D eigenvalue weighted by molar-refractivity contribution is 0.0968. The van der Waals surface area contributed by atoms with E-state index in [1.54, 1.807) is 0 Å². The molecule has 2 N–H and O–H groups in total. The fourth-order valence-corrected chi connectivity index (χ4v) is 5.98. The Hall–Kier alpha value is -1.26. The molecular weight excluding hydrogens is 394 g/mol. The largest absolute Gasteiger partial charge is 0.369 e. The summed E-state index contributed by atoms with van der Waals surface area (Å²) in [5.74, 6) is 0.151. The topological polar surface area (TPSA) is 49.6 Å². The number of carbonyl (C=O) groups is 1. The molecule has 1 aliphatic heterocycles. The van der Waals surface area contributed by atoms with E-state index in [0.717, 1.165) is 26.2 Å². The highest BCUT2D eigenvalue weighted by molar-refractivity contribution is 5.93. The lowest BCUT2D eigenvalue weighted by atomic mass is 9.60. The number of piperazine rings is 1. The monoisotopic (exact) mass is 435 g/mol. The van der Waals surface area contributed by atoms with Crippen LogP contribution in [-0.2, 0) is 0 Å². The highest BCUT2D eigenvalue weighted by Gasteiger charge is 2.40. The number of anilines is 1. The summed E-state index contributed by atoms with van der Waals surface area (Å²) in [5.41, 5.74) is 9.58. The predicted octanol–water partition coefficient (Wildman–Crippen LogP) is 5.45. The van der Waals surface area contributed by atoms with Crippen molar-refractivity contribution in [2.75, 3.05) is 37.6 Å². The van der Waals surface area contributed by atoms with Gasteiger partial charge in [-0.2, -0.15) is 0 Å². The number of halogens is 1. The second kappa shape index (κ2) is 9.91. The fraction of sp³-hybridized carbons (Fsp3) is 0.720. The first-order valence-electron chi connectivity index (χ1n) is 11.5. The maximum atomic E-state index is 11.9. The number of benzene rings is 1. The maximum Gasteiger partial charge on any atom is 0.248 e. The lowest BCUT2D eigenvalue weighted by Crippen LogP contribution is -2.47. The van der Waals surface area contributed by atoms with Crippen LogP contribution in [0.3, 0.4) is 0 Å². The number of rotatable bonds is 6.